The fraction of sp³-hybridized carbons (Fsp3) is 0.900. The number of carbonyl (C=O) groups is 1. The maximum atomic E-state index is 11.6. The Labute approximate surface area is 90.9 Å². The van der Waals surface area contributed by atoms with Gasteiger partial charge in [0.2, 0.25) is 0 Å². The summed E-state index contributed by atoms with van der Waals surface area (Å²) in [5.74, 6) is 0.348. The third-order valence-corrected chi connectivity index (χ3v) is 2.34. The average molecular weight is 215 g/mol. The molecule has 0 saturated carbocycles. The fourth-order valence-electron chi connectivity index (χ4n) is 1.53. The first-order valence-corrected chi connectivity index (χ1v) is 5.48. The Balaban J connectivity index is 2.27. The number of hydrogen-bond donors (Lipinski definition) is 2. The van der Waals surface area contributed by atoms with E-state index >= 15 is 0 Å². The van der Waals surface area contributed by atoms with E-state index in [1.54, 1.807) is 0 Å². The van der Waals surface area contributed by atoms with Crippen LogP contribution in [0.1, 0.15) is 20.3 Å². The number of nitrogens with two attached hydrogens (primary N) is 1. The van der Waals surface area contributed by atoms with Gasteiger partial charge in [-0.3, -0.25) is 10.2 Å². The van der Waals surface area contributed by atoms with E-state index in [9.17, 15) is 4.79 Å². The van der Waals surface area contributed by atoms with Gasteiger partial charge in [0.1, 0.15) is 0 Å². The van der Waals surface area contributed by atoms with Gasteiger partial charge in [-0.1, -0.05) is 13.8 Å². The second-order valence-corrected chi connectivity index (χ2v) is 4.31. The van der Waals surface area contributed by atoms with Crippen LogP contribution in [-0.4, -0.2) is 43.3 Å². The number of ether oxygens (including phenoxy) is 1. The molecule has 15 heavy (non-hydrogen) atoms. The first-order valence-electron chi connectivity index (χ1n) is 5.48. The minimum Gasteiger partial charge on any atom is -0.379 e. The molecule has 0 aromatic heterocycles. The zero-order chi connectivity index (χ0) is 11.3. The van der Waals surface area contributed by atoms with Crippen LogP contribution >= 0.6 is 0 Å². The molecule has 3 N–H and O–H groups in total. The first-order chi connectivity index (χ1) is 7.09. The first kappa shape index (κ1) is 12.4. The smallest absolute Gasteiger partial charge is 0.251 e. The number of nitrogens with one attached hydrogen (secondary N) is 1. The average Bonchev–Trinajstić information content (AvgIpc) is 2.18. The predicted octanol–water partition coefficient (Wildman–Crippen LogP) is -0.277. The third-order valence-electron chi connectivity index (χ3n) is 2.34. The van der Waals surface area contributed by atoms with Crippen LogP contribution in [0.25, 0.3) is 0 Å². The third kappa shape index (κ3) is 4.59. The molecular weight excluding hydrogens is 194 g/mol. The molecule has 1 rings (SSSR count). The summed E-state index contributed by atoms with van der Waals surface area (Å²) < 4.78 is 5.18. The number of hydrazine groups is 1. The van der Waals surface area contributed by atoms with Crippen LogP contribution in [0.5, 0.6) is 0 Å². The van der Waals surface area contributed by atoms with Crippen LogP contribution < -0.4 is 11.2 Å². The Kier molecular flexibility index (Phi) is 5.01. The van der Waals surface area contributed by atoms with Crippen molar-refractivity contribution in [1.82, 2.24) is 10.4 Å². The Bertz CT molecular complexity index is 203. The van der Waals surface area contributed by atoms with Gasteiger partial charge in [0, 0.05) is 13.1 Å². The number of morpholine rings is 1. The second kappa shape index (κ2) is 6.05. The number of nitrogens with zero attached hydrogens (tertiary/aromatic N) is 1. The molecule has 1 amide bonds. The largest absolute Gasteiger partial charge is 0.379 e. The molecule has 1 aliphatic heterocycles. The molecule has 1 heterocycles. The molecule has 1 atom stereocenters. The van der Waals surface area contributed by atoms with Gasteiger partial charge in [0.15, 0.2) is 0 Å². The highest BCUT2D eigenvalue weighted by atomic mass is 16.5. The van der Waals surface area contributed by atoms with Gasteiger partial charge in [0.05, 0.1) is 19.3 Å². The molecule has 1 saturated heterocycles. The Hall–Kier alpha value is -0.650. The molecule has 0 radical (unpaired) electrons. The van der Waals surface area contributed by atoms with Crippen LogP contribution in [0.4, 0.5) is 0 Å². The lowest BCUT2D eigenvalue weighted by atomic mass is 10.0. The second-order valence-electron chi connectivity index (χ2n) is 4.31. The van der Waals surface area contributed by atoms with Crippen molar-refractivity contribution in [2.75, 3.05) is 26.3 Å². The summed E-state index contributed by atoms with van der Waals surface area (Å²) in [6.45, 7) is 6.92. The zero-order valence-electron chi connectivity index (χ0n) is 9.53. The van der Waals surface area contributed by atoms with E-state index in [1.807, 2.05) is 5.01 Å². The standard InChI is InChI=1S/C10H21N3O2/c1-8(2)7-9(11)10(14)12-13-3-5-15-6-4-13/h8-9H,3-7,11H2,1-2H3,(H,12,14)/t9-/m1/s1. The molecule has 5 heteroatoms. The van der Waals surface area contributed by atoms with Crippen LogP contribution in [0.2, 0.25) is 0 Å². The molecule has 88 valence electrons. The van der Waals surface area contributed by atoms with Gasteiger partial charge < -0.3 is 10.5 Å². The summed E-state index contributed by atoms with van der Waals surface area (Å²) in [5.41, 5.74) is 8.58. The van der Waals surface area contributed by atoms with E-state index in [0.29, 0.717) is 19.1 Å². The molecular formula is C10H21N3O2. The SMILES string of the molecule is CC(C)C[C@@H](N)C(=O)NN1CCOCC1. The Morgan fingerprint density at radius 2 is 2.07 bits per heavy atom. The lowest BCUT2D eigenvalue weighted by Gasteiger charge is -2.28. The van der Waals surface area contributed by atoms with E-state index in [0.717, 1.165) is 19.5 Å². The van der Waals surface area contributed by atoms with Gasteiger partial charge in [0.25, 0.3) is 5.91 Å². The van der Waals surface area contributed by atoms with Gasteiger partial charge in [-0.05, 0) is 12.3 Å². The van der Waals surface area contributed by atoms with Crippen molar-refractivity contribution in [3.63, 3.8) is 0 Å². The normalized spacial score (nSPS) is 20.3. The zero-order valence-corrected chi connectivity index (χ0v) is 9.53. The Morgan fingerprint density at radius 3 is 2.60 bits per heavy atom. The highest BCUT2D eigenvalue weighted by molar-refractivity contribution is 5.80. The maximum Gasteiger partial charge on any atom is 0.251 e. The topological polar surface area (TPSA) is 67.6 Å². The minimum absolute atomic E-state index is 0.0920. The van der Waals surface area contributed by atoms with Gasteiger partial charge >= 0.3 is 0 Å². The maximum absolute atomic E-state index is 11.6. The van der Waals surface area contributed by atoms with E-state index in [2.05, 4.69) is 19.3 Å². The summed E-state index contributed by atoms with van der Waals surface area (Å²) in [5, 5.41) is 1.87. The molecule has 0 spiro atoms. The van der Waals surface area contributed by atoms with Crippen LogP contribution in [0.15, 0.2) is 0 Å². The van der Waals surface area contributed by atoms with Crippen molar-refractivity contribution in [2.45, 2.75) is 26.3 Å². The van der Waals surface area contributed by atoms with Gasteiger partial charge in [-0.2, -0.15) is 0 Å². The highest BCUT2D eigenvalue weighted by Crippen LogP contribution is 2.03. The minimum atomic E-state index is -0.409. The van der Waals surface area contributed by atoms with Crippen LogP contribution in [0, 0.1) is 5.92 Å². The lowest BCUT2D eigenvalue weighted by molar-refractivity contribution is -0.129. The molecule has 5 nitrogen and oxygen atoms in total. The van der Waals surface area contributed by atoms with E-state index < -0.39 is 6.04 Å². The fourth-order valence-corrected chi connectivity index (χ4v) is 1.53. The highest BCUT2D eigenvalue weighted by Gasteiger charge is 2.18. The summed E-state index contributed by atoms with van der Waals surface area (Å²) in [6.07, 6.45) is 0.718. The van der Waals surface area contributed by atoms with Crippen molar-refractivity contribution in [1.29, 1.82) is 0 Å². The number of carbonyl (C=O) groups excluding carboxylic acids is 1. The van der Waals surface area contributed by atoms with Gasteiger partial charge in [-0.25, -0.2) is 5.01 Å². The van der Waals surface area contributed by atoms with Crippen LogP contribution in [0.3, 0.4) is 0 Å². The van der Waals surface area contributed by atoms with Crippen molar-refractivity contribution in [3.8, 4) is 0 Å². The molecule has 0 aliphatic carbocycles. The van der Waals surface area contributed by atoms with Crippen molar-refractivity contribution in [2.24, 2.45) is 11.7 Å². The molecule has 0 unspecified atom stereocenters. The molecule has 0 aromatic rings. The van der Waals surface area contributed by atoms with Crippen LogP contribution in [-0.2, 0) is 9.53 Å². The summed E-state index contributed by atoms with van der Waals surface area (Å²) in [6, 6.07) is -0.409. The molecule has 0 bridgehead atoms. The predicted molar refractivity (Wildman–Crippen MR) is 58.0 cm³/mol. The van der Waals surface area contributed by atoms with E-state index in [1.165, 1.54) is 0 Å². The van der Waals surface area contributed by atoms with E-state index in [-0.39, 0.29) is 5.91 Å². The quantitative estimate of drug-likeness (QED) is 0.677. The van der Waals surface area contributed by atoms with Crippen molar-refractivity contribution >= 4 is 5.91 Å². The van der Waals surface area contributed by atoms with Crippen molar-refractivity contribution in [3.05, 3.63) is 0 Å². The summed E-state index contributed by atoms with van der Waals surface area (Å²) >= 11 is 0. The molecule has 1 aliphatic rings. The number of rotatable bonds is 4. The molecule has 0 aromatic carbocycles. The monoisotopic (exact) mass is 215 g/mol. The van der Waals surface area contributed by atoms with Gasteiger partial charge in [-0.15, -0.1) is 0 Å². The lowest BCUT2D eigenvalue weighted by Crippen LogP contribution is -2.53. The summed E-state index contributed by atoms with van der Waals surface area (Å²) in [4.78, 5) is 11.6. The van der Waals surface area contributed by atoms with E-state index in [4.69, 9.17) is 10.5 Å². The molecule has 1 fully saturated rings. The van der Waals surface area contributed by atoms with Crippen molar-refractivity contribution < 1.29 is 9.53 Å². The Morgan fingerprint density at radius 1 is 1.47 bits per heavy atom. The summed E-state index contributed by atoms with van der Waals surface area (Å²) in [7, 11) is 0. The number of hydrogen-bond acceptors (Lipinski definition) is 4. The number of amides is 1.